The van der Waals surface area contributed by atoms with Gasteiger partial charge in [-0.3, -0.25) is 0 Å². The fourth-order valence-corrected chi connectivity index (χ4v) is 3.40. The molecule has 2 atom stereocenters. The molecule has 0 aromatic carbocycles. The normalized spacial score (nSPS) is 23.9. The number of piperidine rings is 1. The fraction of sp³-hybridized carbons (Fsp3) is 0.786. The van der Waals surface area contributed by atoms with Crippen LogP contribution in [0, 0.1) is 0 Å². The van der Waals surface area contributed by atoms with Crippen molar-refractivity contribution in [1.29, 1.82) is 0 Å². The maximum Gasteiger partial charge on any atom is 0.230 e. The van der Waals surface area contributed by atoms with Crippen molar-refractivity contribution >= 4 is 16.5 Å². The van der Waals surface area contributed by atoms with Gasteiger partial charge in [-0.05, 0) is 33.4 Å². The van der Waals surface area contributed by atoms with Crippen molar-refractivity contribution in [3.63, 3.8) is 0 Å². The van der Waals surface area contributed by atoms with E-state index in [2.05, 4.69) is 29.2 Å². The Balaban J connectivity index is 1.93. The predicted octanol–water partition coefficient (Wildman–Crippen LogP) is 1.79. The van der Waals surface area contributed by atoms with Crippen LogP contribution >= 0.6 is 11.3 Å². The van der Waals surface area contributed by atoms with E-state index in [-0.39, 0.29) is 0 Å². The molecule has 1 aromatic rings. The maximum atomic E-state index is 5.38. The van der Waals surface area contributed by atoms with Crippen LogP contribution in [0.1, 0.15) is 24.6 Å². The highest BCUT2D eigenvalue weighted by Crippen LogP contribution is 2.30. The topological polar surface area (TPSA) is 40.6 Å². The van der Waals surface area contributed by atoms with E-state index < -0.39 is 0 Å². The molecule has 0 saturated carbocycles. The van der Waals surface area contributed by atoms with Crippen LogP contribution in [-0.4, -0.2) is 56.8 Å². The van der Waals surface area contributed by atoms with Crippen molar-refractivity contribution in [3.8, 4) is 5.88 Å². The van der Waals surface area contributed by atoms with E-state index in [1.165, 1.54) is 24.3 Å². The van der Waals surface area contributed by atoms with Gasteiger partial charge in [-0.1, -0.05) is 11.3 Å². The molecule has 6 heteroatoms. The summed E-state index contributed by atoms with van der Waals surface area (Å²) in [6.45, 7) is 4.31. The fourth-order valence-electron chi connectivity index (χ4n) is 2.50. The molecular formula is C14H26N4OS. The molecule has 2 rings (SSSR count). The van der Waals surface area contributed by atoms with E-state index in [9.17, 15) is 0 Å². The van der Waals surface area contributed by atoms with E-state index >= 15 is 0 Å². The molecule has 0 spiro atoms. The number of nitrogens with zero attached hydrogens (tertiary/aromatic N) is 3. The summed E-state index contributed by atoms with van der Waals surface area (Å²) in [5.41, 5.74) is 0. The summed E-state index contributed by atoms with van der Waals surface area (Å²) in [5.74, 6) is 0.757. The van der Waals surface area contributed by atoms with Gasteiger partial charge in [0.15, 0.2) is 5.13 Å². The zero-order chi connectivity index (χ0) is 14.7. The van der Waals surface area contributed by atoms with Gasteiger partial charge in [0.2, 0.25) is 5.88 Å². The molecule has 1 aliphatic heterocycles. The summed E-state index contributed by atoms with van der Waals surface area (Å²) in [4.78, 5) is 10.1. The van der Waals surface area contributed by atoms with Gasteiger partial charge < -0.3 is 19.9 Å². The lowest BCUT2D eigenvalue weighted by Crippen LogP contribution is -2.45. The van der Waals surface area contributed by atoms with Crippen molar-refractivity contribution in [2.75, 3.05) is 39.7 Å². The van der Waals surface area contributed by atoms with Crippen LogP contribution in [0.25, 0.3) is 0 Å². The number of ether oxygens (including phenoxy) is 1. The SMILES string of the molecule is COc1nc(N(C)C)sc1CNC1CCN(C)C(C)C1. The Kier molecular flexibility index (Phi) is 5.23. The molecule has 0 aliphatic carbocycles. The first-order valence-corrected chi connectivity index (χ1v) is 7.97. The molecular weight excluding hydrogens is 272 g/mol. The third kappa shape index (κ3) is 3.62. The number of rotatable bonds is 5. The van der Waals surface area contributed by atoms with Crippen LogP contribution in [0.3, 0.4) is 0 Å². The molecule has 0 bridgehead atoms. The minimum atomic E-state index is 0.593. The van der Waals surface area contributed by atoms with Crippen LogP contribution in [0.15, 0.2) is 0 Å². The second-order valence-electron chi connectivity index (χ2n) is 5.76. The van der Waals surface area contributed by atoms with Crippen LogP contribution in [0.4, 0.5) is 5.13 Å². The number of hydrogen-bond acceptors (Lipinski definition) is 6. The number of thiazole rings is 1. The zero-order valence-corrected chi connectivity index (χ0v) is 14.0. The Bertz CT molecular complexity index is 435. The number of anilines is 1. The quantitative estimate of drug-likeness (QED) is 0.897. The summed E-state index contributed by atoms with van der Waals surface area (Å²) >= 11 is 1.70. The average molecular weight is 298 g/mol. The molecule has 1 N–H and O–H groups in total. The Labute approximate surface area is 125 Å². The minimum Gasteiger partial charge on any atom is -0.480 e. The van der Waals surface area contributed by atoms with Crippen LogP contribution in [-0.2, 0) is 6.54 Å². The van der Waals surface area contributed by atoms with E-state index in [1.54, 1.807) is 18.4 Å². The van der Waals surface area contributed by atoms with Gasteiger partial charge in [-0.2, -0.15) is 4.98 Å². The molecule has 1 fully saturated rings. The summed E-state index contributed by atoms with van der Waals surface area (Å²) in [5, 5.41) is 4.66. The van der Waals surface area contributed by atoms with Crippen molar-refractivity contribution < 1.29 is 4.74 Å². The van der Waals surface area contributed by atoms with Crippen molar-refractivity contribution in [2.24, 2.45) is 0 Å². The first-order chi connectivity index (χ1) is 9.51. The highest BCUT2D eigenvalue weighted by molar-refractivity contribution is 7.15. The standard InChI is InChI=1S/C14H26N4OS/c1-10-8-11(6-7-18(10)4)15-9-12-13(19-5)16-14(20-12)17(2)3/h10-11,15H,6-9H2,1-5H3. The lowest BCUT2D eigenvalue weighted by atomic mass is 9.99. The number of aromatic nitrogens is 1. The molecule has 0 amide bonds. The van der Waals surface area contributed by atoms with Gasteiger partial charge in [0.1, 0.15) is 0 Å². The Morgan fingerprint density at radius 1 is 1.50 bits per heavy atom. The Morgan fingerprint density at radius 3 is 2.85 bits per heavy atom. The second-order valence-corrected chi connectivity index (χ2v) is 6.82. The first-order valence-electron chi connectivity index (χ1n) is 7.16. The molecule has 1 aromatic heterocycles. The van der Waals surface area contributed by atoms with Crippen LogP contribution < -0.4 is 15.0 Å². The Morgan fingerprint density at radius 2 is 2.25 bits per heavy atom. The summed E-state index contributed by atoms with van der Waals surface area (Å²) < 4.78 is 5.38. The largest absolute Gasteiger partial charge is 0.480 e. The van der Waals surface area contributed by atoms with Crippen LogP contribution in [0.2, 0.25) is 0 Å². The number of hydrogen-bond donors (Lipinski definition) is 1. The summed E-state index contributed by atoms with van der Waals surface area (Å²) in [7, 11) is 7.91. The average Bonchev–Trinajstić information content (AvgIpc) is 2.83. The molecule has 0 radical (unpaired) electrons. The predicted molar refractivity (Wildman–Crippen MR) is 84.9 cm³/mol. The first kappa shape index (κ1) is 15.5. The monoisotopic (exact) mass is 298 g/mol. The van der Waals surface area contributed by atoms with E-state index in [1.807, 2.05) is 19.0 Å². The molecule has 1 saturated heterocycles. The third-order valence-corrected chi connectivity index (χ3v) is 5.19. The van der Waals surface area contributed by atoms with Crippen molar-refractivity contribution in [2.45, 2.75) is 38.4 Å². The van der Waals surface area contributed by atoms with Gasteiger partial charge >= 0.3 is 0 Å². The highest BCUT2D eigenvalue weighted by atomic mass is 32.1. The number of nitrogens with one attached hydrogen (secondary N) is 1. The smallest absolute Gasteiger partial charge is 0.230 e. The van der Waals surface area contributed by atoms with E-state index in [0.29, 0.717) is 12.1 Å². The van der Waals surface area contributed by atoms with Gasteiger partial charge in [-0.15, -0.1) is 0 Å². The van der Waals surface area contributed by atoms with Crippen molar-refractivity contribution in [1.82, 2.24) is 15.2 Å². The summed E-state index contributed by atoms with van der Waals surface area (Å²) in [6, 6.07) is 1.25. The second kappa shape index (κ2) is 6.74. The number of methoxy groups -OCH3 is 1. The minimum absolute atomic E-state index is 0.593. The molecule has 2 unspecified atom stereocenters. The van der Waals surface area contributed by atoms with Crippen molar-refractivity contribution in [3.05, 3.63) is 4.88 Å². The van der Waals surface area contributed by atoms with E-state index in [0.717, 1.165) is 17.6 Å². The van der Waals surface area contributed by atoms with Gasteiger partial charge in [0.05, 0.1) is 12.0 Å². The zero-order valence-electron chi connectivity index (χ0n) is 13.1. The van der Waals surface area contributed by atoms with Gasteiger partial charge in [0.25, 0.3) is 0 Å². The highest BCUT2D eigenvalue weighted by Gasteiger charge is 2.23. The maximum absolute atomic E-state index is 5.38. The molecule has 5 nitrogen and oxygen atoms in total. The molecule has 114 valence electrons. The lowest BCUT2D eigenvalue weighted by molar-refractivity contribution is 0.168. The van der Waals surface area contributed by atoms with E-state index in [4.69, 9.17) is 4.74 Å². The summed E-state index contributed by atoms with van der Waals surface area (Å²) in [6.07, 6.45) is 2.42. The third-order valence-electron chi connectivity index (χ3n) is 3.99. The Hall–Kier alpha value is -0.850. The van der Waals surface area contributed by atoms with Crippen LogP contribution in [0.5, 0.6) is 5.88 Å². The number of likely N-dealkylation sites (tertiary alicyclic amines) is 1. The molecule has 1 aliphatic rings. The molecule has 20 heavy (non-hydrogen) atoms. The molecule has 2 heterocycles. The van der Waals surface area contributed by atoms with Gasteiger partial charge in [-0.25, -0.2) is 0 Å². The van der Waals surface area contributed by atoms with Gasteiger partial charge in [0, 0.05) is 32.7 Å². The lowest BCUT2D eigenvalue weighted by Gasteiger charge is -2.35.